The fourth-order valence-corrected chi connectivity index (χ4v) is 3.76. The molecule has 1 fully saturated rings. The van der Waals surface area contributed by atoms with Gasteiger partial charge in [-0.25, -0.2) is 0 Å². The lowest BCUT2D eigenvalue weighted by Crippen LogP contribution is -2.31. The maximum atomic E-state index is 6.13. The summed E-state index contributed by atoms with van der Waals surface area (Å²) in [5.41, 5.74) is 0.954. The highest BCUT2D eigenvalue weighted by atomic mass is 35.5. The zero-order valence-electron chi connectivity index (χ0n) is 12.9. The molecule has 1 aliphatic carbocycles. The summed E-state index contributed by atoms with van der Waals surface area (Å²) in [6, 6.07) is 8.07. The minimum Gasteiger partial charge on any atom is -0.461 e. The number of hydrogen-bond donors (Lipinski definition) is 1. The molecule has 0 radical (unpaired) electrons. The zero-order valence-corrected chi connectivity index (χ0v) is 13.6. The van der Waals surface area contributed by atoms with Gasteiger partial charge < -0.3 is 9.73 Å². The molecule has 1 N–H and O–H groups in total. The lowest BCUT2D eigenvalue weighted by molar-refractivity contribution is 0.222. The molecule has 1 aliphatic rings. The summed E-state index contributed by atoms with van der Waals surface area (Å²) in [6.07, 6.45) is 3.85. The van der Waals surface area contributed by atoms with Crippen LogP contribution in [0.1, 0.15) is 44.8 Å². The van der Waals surface area contributed by atoms with Gasteiger partial charge in [0.15, 0.2) is 0 Å². The average molecular weight is 306 g/mol. The number of hydrogen-bond acceptors (Lipinski definition) is 2. The SMILES string of the molecule is CCNCC1CCC(C)CC1c1cc2cc(Cl)ccc2o1. The van der Waals surface area contributed by atoms with Crippen molar-refractivity contribution in [3.63, 3.8) is 0 Å². The molecule has 0 amide bonds. The van der Waals surface area contributed by atoms with Crippen LogP contribution in [0.25, 0.3) is 11.0 Å². The van der Waals surface area contributed by atoms with Gasteiger partial charge in [-0.1, -0.05) is 31.9 Å². The van der Waals surface area contributed by atoms with E-state index in [2.05, 4.69) is 25.2 Å². The normalized spacial score (nSPS) is 26.3. The van der Waals surface area contributed by atoms with Gasteiger partial charge in [-0.2, -0.15) is 0 Å². The van der Waals surface area contributed by atoms with Crippen molar-refractivity contribution in [1.82, 2.24) is 5.32 Å². The van der Waals surface area contributed by atoms with Gasteiger partial charge >= 0.3 is 0 Å². The van der Waals surface area contributed by atoms with E-state index in [9.17, 15) is 0 Å². The average Bonchev–Trinajstić information content (AvgIpc) is 2.88. The molecule has 3 heteroatoms. The third-order valence-corrected chi connectivity index (χ3v) is 5.01. The summed E-state index contributed by atoms with van der Waals surface area (Å²) in [5, 5.41) is 5.41. The molecule has 0 aliphatic heterocycles. The Labute approximate surface area is 131 Å². The standard InChI is InChI=1S/C18H24ClNO/c1-3-20-11-13-5-4-12(2)8-16(13)18-10-14-9-15(19)6-7-17(14)21-18/h6-7,9-10,12-13,16,20H,3-5,8,11H2,1-2H3. The van der Waals surface area contributed by atoms with Crippen molar-refractivity contribution >= 4 is 22.6 Å². The fourth-order valence-electron chi connectivity index (χ4n) is 3.58. The first kappa shape index (κ1) is 14.9. The molecule has 3 atom stereocenters. The predicted molar refractivity (Wildman–Crippen MR) is 89.0 cm³/mol. The maximum Gasteiger partial charge on any atom is 0.134 e. The van der Waals surface area contributed by atoms with E-state index in [1.165, 1.54) is 19.3 Å². The molecule has 21 heavy (non-hydrogen) atoms. The lowest BCUT2D eigenvalue weighted by Gasteiger charge is -2.33. The summed E-state index contributed by atoms with van der Waals surface area (Å²) in [6.45, 7) is 6.65. The molecule has 0 bridgehead atoms. The second-order valence-electron chi connectivity index (χ2n) is 6.42. The van der Waals surface area contributed by atoms with Gasteiger partial charge in [-0.3, -0.25) is 0 Å². The van der Waals surface area contributed by atoms with E-state index in [0.717, 1.165) is 40.8 Å². The number of nitrogens with one attached hydrogen (secondary N) is 1. The molecular formula is C18H24ClNO. The van der Waals surface area contributed by atoms with E-state index < -0.39 is 0 Å². The first-order valence-corrected chi connectivity index (χ1v) is 8.45. The molecule has 3 unspecified atom stereocenters. The minimum absolute atomic E-state index is 0.527. The molecule has 0 saturated heterocycles. The molecular weight excluding hydrogens is 282 g/mol. The van der Waals surface area contributed by atoms with Crippen LogP contribution in [-0.4, -0.2) is 13.1 Å². The van der Waals surface area contributed by atoms with Gasteiger partial charge in [0.2, 0.25) is 0 Å². The van der Waals surface area contributed by atoms with Gasteiger partial charge in [0.25, 0.3) is 0 Å². The summed E-state index contributed by atoms with van der Waals surface area (Å²) in [4.78, 5) is 0. The minimum atomic E-state index is 0.527. The van der Waals surface area contributed by atoms with Crippen LogP contribution in [0.15, 0.2) is 28.7 Å². The summed E-state index contributed by atoms with van der Waals surface area (Å²) >= 11 is 6.08. The smallest absolute Gasteiger partial charge is 0.134 e. The topological polar surface area (TPSA) is 25.2 Å². The van der Waals surface area contributed by atoms with Gasteiger partial charge in [0, 0.05) is 16.3 Å². The highest BCUT2D eigenvalue weighted by molar-refractivity contribution is 6.31. The summed E-state index contributed by atoms with van der Waals surface area (Å²) in [5.74, 6) is 3.13. The van der Waals surface area contributed by atoms with Crippen LogP contribution < -0.4 is 5.32 Å². The van der Waals surface area contributed by atoms with Crippen molar-refractivity contribution in [2.24, 2.45) is 11.8 Å². The second-order valence-corrected chi connectivity index (χ2v) is 6.86. The Balaban J connectivity index is 1.88. The van der Waals surface area contributed by atoms with Crippen LogP contribution in [0.3, 0.4) is 0 Å². The number of furan rings is 1. The monoisotopic (exact) mass is 305 g/mol. The molecule has 1 aromatic carbocycles. The summed E-state index contributed by atoms with van der Waals surface area (Å²) < 4.78 is 6.13. The van der Waals surface area contributed by atoms with Crippen molar-refractivity contribution in [2.75, 3.05) is 13.1 Å². The number of rotatable bonds is 4. The lowest BCUT2D eigenvalue weighted by atomic mass is 9.73. The maximum absolute atomic E-state index is 6.13. The van der Waals surface area contributed by atoms with E-state index in [1.54, 1.807) is 0 Å². The summed E-state index contributed by atoms with van der Waals surface area (Å²) in [7, 11) is 0. The highest BCUT2D eigenvalue weighted by Crippen LogP contribution is 2.42. The molecule has 114 valence electrons. The molecule has 1 heterocycles. The van der Waals surface area contributed by atoms with Crippen LogP contribution in [0.5, 0.6) is 0 Å². The number of halogens is 1. The second kappa shape index (κ2) is 6.41. The van der Waals surface area contributed by atoms with E-state index in [-0.39, 0.29) is 0 Å². The van der Waals surface area contributed by atoms with E-state index >= 15 is 0 Å². The van der Waals surface area contributed by atoms with Crippen LogP contribution in [0, 0.1) is 11.8 Å². The van der Waals surface area contributed by atoms with Crippen molar-refractivity contribution < 1.29 is 4.42 Å². The largest absolute Gasteiger partial charge is 0.461 e. The van der Waals surface area contributed by atoms with Gasteiger partial charge in [0.05, 0.1) is 0 Å². The third-order valence-electron chi connectivity index (χ3n) is 4.77. The first-order chi connectivity index (χ1) is 10.2. The molecule has 2 nitrogen and oxygen atoms in total. The third kappa shape index (κ3) is 3.27. The van der Waals surface area contributed by atoms with E-state index in [0.29, 0.717) is 11.8 Å². The number of fused-ring (bicyclic) bond motifs is 1. The highest BCUT2D eigenvalue weighted by Gasteiger charge is 2.31. The molecule has 1 aromatic heterocycles. The van der Waals surface area contributed by atoms with Crippen molar-refractivity contribution in [3.8, 4) is 0 Å². The van der Waals surface area contributed by atoms with Gasteiger partial charge in [0.1, 0.15) is 11.3 Å². The molecule has 0 spiro atoms. The predicted octanol–water partition coefficient (Wildman–Crippen LogP) is 5.22. The Morgan fingerprint density at radius 1 is 1.29 bits per heavy atom. The molecule has 2 aromatic rings. The van der Waals surface area contributed by atoms with Gasteiger partial charge in [-0.15, -0.1) is 0 Å². The van der Waals surface area contributed by atoms with Crippen LogP contribution >= 0.6 is 11.6 Å². The van der Waals surface area contributed by atoms with Crippen molar-refractivity contribution in [1.29, 1.82) is 0 Å². The molecule has 3 rings (SSSR count). The Hall–Kier alpha value is -0.990. The zero-order chi connectivity index (χ0) is 14.8. The Morgan fingerprint density at radius 3 is 2.95 bits per heavy atom. The quantitative estimate of drug-likeness (QED) is 0.838. The Morgan fingerprint density at radius 2 is 2.14 bits per heavy atom. The van der Waals surface area contributed by atoms with E-state index in [4.69, 9.17) is 16.0 Å². The Kier molecular flexibility index (Phi) is 4.56. The van der Waals surface area contributed by atoms with E-state index in [1.807, 2.05) is 18.2 Å². The van der Waals surface area contributed by atoms with Gasteiger partial charge in [-0.05, 0) is 62.0 Å². The van der Waals surface area contributed by atoms with Crippen molar-refractivity contribution in [3.05, 3.63) is 35.0 Å². The Bertz CT molecular complexity index is 604. The first-order valence-electron chi connectivity index (χ1n) is 8.07. The molecule has 1 saturated carbocycles. The van der Waals surface area contributed by atoms with Crippen LogP contribution in [-0.2, 0) is 0 Å². The van der Waals surface area contributed by atoms with Crippen LogP contribution in [0.2, 0.25) is 5.02 Å². The number of benzene rings is 1. The van der Waals surface area contributed by atoms with Crippen molar-refractivity contribution in [2.45, 2.75) is 39.0 Å². The van der Waals surface area contributed by atoms with Crippen LogP contribution in [0.4, 0.5) is 0 Å². The fraction of sp³-hybridized carbons (Fsp3) is 0.556.